The fourth-order valence-electron chi connectivity index (χ4n) is 1.63. The molecule has 2 N–H and O–H groups in total. The van der Waals surface area contributed by atoms with Crippen LogP contribution in [0, 0.1) is 5.92 Å². The van der Waals surface area contributed by atoms with Crippen LogP contribution >= 0.6 is 0 Å². The van der Waals surface area contributed by atoms with Crippen molar-refractivity contribution in [3.63, 3.8) is 0 Å². The molecule has 1 aliphatic rings. The number of amides is 1. The summed E-state index contributed by atoms with van der Waals surface area (Å²) in [6.45, 7) is 5.64. The largest absolute Gasteiger partial charge is 0.382 e. The lowest BCUT2D eigenvalue weighted by atomic mass is 10.1. The van der Waals surface area contributed by atoms with Crippen molar-refractivity contribution in [2.24, 2.45) is 5.92 Å². The van der Waals surface area contributed by atoms with Crippen molar-refractivity contribution in [1.82, 2.24) is 15.1 Å². The fourth-order valence-corrected chi connectivity index (χ4v) is 1.63. The Bertz CT molecular complexity index is 397. The highest BCUT2D eigenvalue weighted by Crippen LogP contribution is 2.18. The van der Waals surface area contributed by atoms with E-state index >= 15 is 0 Å². The zero-order valence-corrected chi connectivity index (χ0v) is 11.1. The lowest BCUT2D eigenvalue weighted by Gasteiger charge is -2.08. The van der Waals surface area contributed by atoms with E-state index in [1.807, 2.05) is 6.20 Å². The van der Waals surface area contributed by atoms with Gasteiger partial charge in [-0.15, -0.1) is 0 Å². The van der Waals surface area contributed by atoms with Crippen LogP contribution in [0.25, 0.3) is 0 Å². The normalized spacial score (nSPS) is 16.3. The Labute approximate surface area is 108 Å². The van der Waals surface area contributed by atoms with Gasteiger partial charge in [0.1, 0.15) is 6.54 Å². The maximum absolute atomic E-state index is 11.6. The van der Waals surface area contributed by atoms with Gasteiger partial charge in [0.25, 0.3) is 0 Å². The van der Waals surface area contributed by atoms with Crippen LogP contribution in [-0.4, -0.2) is 28.3 Å². The summed E-state index contributed by atoms with van der Waals surface area (Å²) in [6, 6.07) is 0.413. The highest BCUT2D eigenvalue weighted by Gasteiger charge is 2.23. The number of carbonyl (C=O) groups is 1. The molecule has 0 aliphatic heterocycles. The zero-order valence-electron chi connectivity index (χ0n) is 11.1. The third kappa shape index (κ3) is 4.05. The third-order valence-corrected chi connectivity index (χ3v) is 3.23. The molecule has 1 unspecified atom stereocenters. The van der Waals surface area contributed by atoms with Gasteiger partial charge in [0.2, 0.25) is 5.91 Å². The topological polar surface area (TPSA) is 59.0 Å². The maximum atomic E-state index is 11.6. The number of nitrogens with zero attached hydrogens (tertiary/aromatic N) is 2. The molecule has 0 aromatic carbocycles. The Balaban J connectivity index is 1.76. The SMILES string of the molecule is CCC(C)CNc1cnn(CC(=O)NC2CC2)c1. The molecule has 1 saturated carbocycles. The first kappa shape index (κ1) is 12.9. The van der Waals surface area contributed by atoms with Gasteiger partial charge in [0, 0.05) is 18.8 Å². The minimum absolute atomic E-state index is 0.0501. The average Bonchev–Trinajstić information content (AvgIpc) is 3.04. The van der Waals surface area contributed by atoms with E-state index in [1.165, 1.54) is 0 Å². The first-order chi connectivity index (χ1) is 8.67. The molecule has 0 saturated heterocycles. The Morgan fingerprint density at radius 1 is 1.61 bits per heavy atom. The number of hydrogen-bond acceptors (Lipinski definition) is 3. The van der Waals surface area contributed by atoms with E-state index in [4.69, 9.17) is 0 Å². The summed E-state index contributed by atoms with van der Waals surface area (Å²) in [5, 5.41) is 10.5. The van der Waals surface area contributed by atoms with Crippen LogP contribution in [0.3, 0.4) is 0 Å². The van der Waals surface area contributed by atoms with E-state index in [1.54, 1.807) is 10.9 Å². The van der Waals surface area contributed by atoms with Gasteiger partial charge in [0.15, 0.2) is 0 Å². The van der Waals surface area contributed by atoms with Crippen LogP contribution in [0.1, 0.15) is 33.1 Å². The van der Waals surface area contributed by atoms with Gasteiger partial charge in [-0.05, 0) is 18.8 Å². The van der Waals surface area contributed by atoms with Crippen molar-refractivity contribution in [3.05, 3.63) is 12.4 Å². The number of hydrogen-bond donors (Lipinski definition) is 2. The van der Waals surface area contributed by atoms with Gasteiger partial charge in [-0.25, -0.2) is 0 Å². The van der Waals surface area contributed by atoms with Gasteiger partial charge >= 0.3 is 0 Å². The number of nitrogens with one attached hydrogen (secondary N) is 2. The van der Waals surface area contributed by atoms with Crippen LogP contribution in [0.5, 0.6) is 0 Å². The maximum Gasteiger partial charge on any atom is 0.241 e. The quantitative estimate of drug-likeness (QED) is 0.773. The Kier molecular flexibility index (Phi) is 4.23. The first-order valence-electron chi connectivity index (χ1n) is 6.73. The van der Waals surface area contributed by atoms with Crippen molar-refractivity contribution in [2.45, 2.75) is 45.7 Å². The standard InChI is InChI=1S/C13H22N4O/c1-3-10(2)6-14-12-7-15-17(8-12)9-13(18)16-11-4-5-11/h7-8,10-11,14H,3-6,9H2,1-2H3,(H,16,18). The van der Waals surface area contributed by atoms with E-state index in [-0.39, 0.29) is 5.91 Å². The molecule has 18 heavy (non-hydrogen) atoms. The molecular formula is C13H22N4O. The molecule has 1 atom stereocenters. The predicted octanol–water partition coefficient (Wildman–Crippen LogP) is 1.62. The number of carbonyl (C=O) groups excluding carboxylic acids is 1. The van der Waals surface area contributed by atoms with Crippen LogP contribution in [0.4, 0.5) is 5.69 Å². The van der Waals surface area contributed by atoms with Gasteiger partial charge in [-0.3, -0.25) is 9.48 Å². The van der Waals surface area contributed by atoms with Gasteiger partial charge in [0.05, 0.1) is 11.9 Å². The van der Waals surface area contributed by atoms with Gasteiger partial charge in [-0.1, -0.05) is 20.3 Å². The first-order valence-corrected chi connectivity index (χ1v) is 6.73. The zero-order chi connectivity index (χ0) is 13.0. The third-order valence-electron chi connectivity index (χ3n) is 3.23. The van der Waals surface area contributed by atoms with E-state index in [2.05, 4.69) is 29.6 Å². The number of aromatic nitrogens is 2. The van der Waals surface area contributed by atoms with Gasteiger partial charge < -0.3 is 10.6 Å². The lowest BCUT2D eigenvalue weighted by Crippen LogP contribution is -2.29. The van der Waals surface area contributed by atoms with Crippen molar-refractivity contribution in [1.29, 1.82) is 0 Å². The second-order valence-electron chi connectivity index (χ2n) is 5.16. The molecule has 5 nitrogen and oxygen atoms in total. The van der Waals surface area contributed by atoms with Crippen LogP contribution in [0.15, 0.2) is 12.4 Å². The predicted molar refractivity (Wildman–Crippen MR) is 71.3 cm³/mol. The molecule has 0 radical (unpaired) electrons. The molecule has 1 amide bonds. The van der Waals surface area contributed by atoms with E-state index in [0.717, 1.165) is 31.5 Å². The van der Waals surface area contributed by atoms with Gasteiger partial charge in [-0.2, -0.15) is 5.10 Å². The molecule has 1 aromatic rings. The van der Waals surface area contributed by atoms with Crippen molar-refractivity contribution >= 4 is 11.6 Å². The summed E-state index contributed by atoms with van der Waals surface area (Å²) in [4.78, 5) is 11.6. The summed E-state index contributed by atoms with van der Waals surface area (Å²) < 4.78 is 1.68. The van der Waals surface area contributed by atoms with E-state index < -0.39 is 0 Å². The summed E-state index contributed by atoms with van der Waals surface area (Å²) >= 11 is 0. The highest BCUT2D eigenvalue weighted by atomic mass is 16.2. The van der Waals surface area contributed by atoms with Crippen molar-refractivity contribution < 1.29 is 4.79 Å². The van der Waals surface area contributed by atoms with Crippen LogP contribution in [-0.2, 0) is 11.3 Å². The fraction of sp³-hybridized carbons (Fsp3) is 0.692. The molecule has 1 aliphatic carbocycles. The second-order valence-corrected chi connectivity index (χ2v) is 5.16. The molecule has 5 heteroatoms. The molecule has 0 bridgehead atoms. The number of rotatable bonds is 7. The van der Waals surface area contributed by atoms with E-state index in [9.17, 15) is 4.79 Å². The second kappa shape index (κ2) is 5.89. The summed E-state index contributed by atoms with van der Waals surface area (Å²) in [6.07, 6.45) is 7.05. The summed E-state index contributed by atoms with van der Waals surface area (Å²) in [7, 11) is 0. The Morgan fingerprint density at radius 2 is 2.39 bits per heavy atom. The molecule has 100 valence electrons. The molecule has 0 spiro atoms. The minimum atomic E-state index is 0.0501. The molecule has 2 rings (SSSR count). The van der Waals surface area contributed by atoms with Crippen LogP contribution in [0.2, 0.25) is 0 Å². The number of anilines is 1. The Hall–Kier alpha value is -1.52. The van der Waals surface area contributed by atoms with Crippen LogP contribution < -0.4 is 10.6 Å². The van der Waals surface area contributed by atoms with Crippen molar-refractivity contribution in [2.75, 3.05) is 11.9 Å². The minimum Gasteiger partial charge on any atom is -0.382 e. The molecular weight excluding hydrogens is 228 g/mol. The summed E-state index contributed by atoms with van der Waals surface area (Å²) in [5.74, 6) is 0.695. The van der Waals surface area contributed by atoms with E-state index in [0.29, 0.717) is 18.5 Å². The van der Waals surface area contributed by atoms with Crippen molar-refractivity contribution in [3.8, 4) is 0 Å². The smallest absolute Gasteiger partial charge is 0.241 e. The Morgan fingerprint density at radius 3 is 3.06 bits per heavy atom. The average molecular weight is 250 g/mol. The lowest BCUT2D eigenvalue weighted by molar-refractivity contribution is -0.122. The molecule has 1 heterocycles. The monoisotopic (exact) mass is 250 g/mol. The molecule has 1 fully saturated rings. The summed E-state index contributed by atoms with van der Waals surface area (Å²) in [5.41, 5.74) is 0.981. The molecule has 1 aromatic heterocycles. The highest BCUT2D eigenvalue weighted by molar-refractivity contribution is 5.76.